The van der Waals surface area contributed by atoms with Crippen molar-refractivity contribution >= 4 is 11.6 Å². The Morgan fingerprint density at radius 2 is 2.10 bits per heavy atom. The highest BCUT2D eigenvalue weighted by molar-refractivity contribution is 5.93. The summed E-state index contributed by atoms with van der Waals surface area (Å²) in [6.07, 6.45) is -3.87. The zero-order chi connectivity index (χ0) is 21.6. The fraction of sp³-hybridized carbons (Fsp3) is 0.619. The molecule has 1 aliphatic carbocycles. The van der Waals surface area contributed by atoms with Crippen LogP contribution in [0.2, 0.25) is 0 Å². The Bertz CT molecular complexity index is 822. The van der Waals surface area contributed by atoms with E-state index < -0.39 is 30.3 Å². The Kier molecular flexibility index (Phi) is 5.69. The highest BCUT2D eigenvalue weighted by Crippen LogP contribution is 2.49. The molecule has 8 heteroatoms. The van der Waals surface area contributed by atoms with Gasteiger partial charge in [-0.15, -0.1) is 0 Å². The normalized spacial score (nSPS) is 27.1. The van der Waals surface area contributed by atoms with E-state index in [0.717, 1.165) is 11.1 Å². The van der Waals surface area contributed by atoms with E-state index in [1.54, 1.807) is 6.07 Å². The van der Waals surface area contributed by atoms with Crippen molar-refractivity contribution in [3.8, 4) is 5.75 Å². The Hall–Kier alpha value is -2.09. The van der Waals surface area contributed by atoms with Gasteiger partial charge in [0.15, 0.2) is 6.61 Å². The standard InChI is InChI=1S/C21H27F3N2O3/c1-12(2)15-7-5-14(4)10-18(15)29-11-19(27)26-20(28,21(22,23)24)16-9-13(3)6-8-17(16)25-26/h5,7,10,12-13,16,28H,6,8-9,11H2,1-4H3/t13-,16-,20+/m0/s1. The van der Waals surface area contributed by atoms with Gasteiger partial charge in [0, 0.05) is 5.71 Å². The van der Waals surface area contributed by atoms with E-state index in [1.165, 1.54) is 0 Å². The fourth-order valence-corrected chi connectivity index (χ4v) is 4.10. The summed E-state index contributed by atoms with van der Waals surface area (Å²) in [4.78, 5) is 12.7. The second-order valence-electron chi connectivity index (χ2n) is 8.44. The molecular weight excluding hydrogens is 385 g/mol. The summed E-state index contributed by atoms with van der Waals surface area (Å²) in [7, 11) is 0. The molecular formula is C21H27F3N2O3. The molecule has 1 aromatic rings. The van der Waals surface area contributed by atoms with Crippen LogP contribution >= 0.6 is 0 Å². The van der Waals surface area contributed by atoms with Crippen molar-refractivity contribution < 1.29 is 27.8 Å². The van der Waals surface area contributed by atoms with Gasteiger partial charge in [0.2, 0.25) is 0 Å². The lowest BCUT2D eigenvalue weighted by Gasteiger charge is -2.39. The van der Waals surface area contributed by atoms with Gasteiger partial charge < -0.3 is 9.84 Å². The van der Waals surface area contributed by atoms with Crippen LogP contribution in [0.4, 0.5) is 13.2 Å². The number of amides is 1. The molecule has 3 atom stereocenters. The average molecular weight is 412 g/mol. The van der Waals surface area contributed by atoms with Gasteiger partial charge in [0.25, 0.3) is 11.6 Å². The molecule has 2 aliphatic rings. The topological polar surface area (TPSA) is 62.1 Å². The zero-order valence-corrected chi connectivity index (χ0v) is 17.1. The van der Waals surface area contributed by atoms with Crippen molar-refractivity contribution in [3.63, 3.8) is 0 Å². The number of nitrogens with zero attached hydrogens (tertiary/aromatic N) is 2. The molecule has 1 N–H and O–H groups in total. The van der Waals surface area contributed by atoms with Crippen molar-refractivity contribution in [1.82, 2.24) is 5.01 Å². The number of carbonyl (C=O) groups is 1. The molecule has 0 saturated heterocycles. The molecule has 5 nitrogen and oxygen atoms in total. The number of benzene rings is 1. The van der Waals surface area contributed by atoms with E-state index in [4.69, 9.17) is 4.74 Å². The monoisotopic (exact) mass is 412 g/mol. The second kappa shape index (κ2) is 7.63. The van der Waals surface area contributed by atoms with Gasteiger partial charge in [-0.2, -0.15) is 23.3 Å². The second-order valence-corrected chi connectivity index (χ2v) is 8.44. The van der Waals surface area contributed by atoms with Crippen molar-refractivity contribution in [2.45, 2.75) is 64.8 Å². The molecule has 1 heterocycles. The minimum atomic E-state index is -5.03. The maximum Gasteiger partial charge on any atom is 0.439 e. The number of ether oxygens (including phenoxy) is 1. The number of halogens is 3. The molecule has 1 aliphatic heterocycles. The van der Waals surface area contributed by atoms with Crippen LogP contribution in [0.15, 0.2) is 23.3 Å². The van der Waals surface area contributed by atoms with Crippen LogP contribution in [0.25, 0.3) is 0 Å². The van der Waals surface area contributed by atoms with Crippen LogP contribution in [-0.2, 0) is 4.79 Å². The van der Waals surface area contributed by atoms with Gasteiger partial charge in [0.1, 0.15) is 5.75 Å². The van der Waals surface area contributed by atoms with Gasteiger partial charge in [-0.05, 0) is 55.2 Å². The van der Waals surface area contributed by atoms with Crippen LogP contribution in [0, 0.1) is 18.8 Å². The van der Waals surface area contributed by atoms with Gasteiger partial charge in [-0.3, -0.25) is 4.79 Å². The Balaban J connectivity index is 1.85. The maximum atomic E-state index is 13.9. The summed E-state index contributed by atoms with van der Waals surface area (Å²) in [6, 6.07) is 5.53. The molecule has 1 saturated carbocycles. The van der Waals surface area contributed by atoms with Crippen LogP contribution in [0.5, 0.6) is 5.75 Å². The highest BCUT2D eigenvalue weighted by Gasteiger charge is 2.68. The molecule has 160 valence electrons. The summed E-state index contributed by atoms with van der Waals surface area (Å²) in [5.41, 5.74) is -1.34. The molecule has 0 radical (unpaired) electrons. The Labute approximate surface area is 168 Å². The molecule has 29 heavy (non-hydrogen) atoms. The number of aryl methyl sites for hydroxylation is 1. The lowest BCUT2D eigenvalue weighted by Crippen LogP contribution is -2.62. The van der Waals surface area contributed by atoms with Crippen LogP contribution in [-0.4, -0.2) is 40.2 Å². The van der Waals surface area contributed by atoms with Gasteiger partial charge in [-0.1, -0.05) is 32.9 Å². The van der Waals surface area contributed by atoms with E-state index in [-0.39, 0.29) is 29.0 Å². The number of hydrazone groups is 1. The average Bonchev–Trinajstić information content (AvgIpc) is 2.93. The van der Waals surface area contributed by atoms with Crippen LogP contribution in [0.1, 0.15) is 57.1 Å². The minimum absolute atomic E-state index is 0.0139. The van der Waals surface area contributed by atoms with Crippen molar-refractivity contribution in [2.75, 3.05) is 6.61 Å². The number of carbonyl (C=O) groups excluding carboxylic acids is 1. The number of alkyl halides is 3. The molecule has 1 amide bonds. The van der Waals surface area contributed by atoms with Crippen LogP contribution < -0.4 is 4.74 Å². The predicted molar refractivity (Wildman–Crippen MR) is 103 cm³/mol. The third kappa shape index (κ3) is 3.86. The van der Waals surface area contributed by atoms with E-state index >= 15 is 0 Å². The molecule has 0 aromatic heterocycles. The smallest absolute Gasteiger partial charge is 0.439 e. The van der Waals surface area contributed by atoms with E-state index in [0.29, 0.717) is 18.6 Å². The van der Waals surface area contributed by atoms with Crippen molar-refractivity contribution in [2.24, 2.45) is 16.9 Å². The number of rotatable bonds is 4. The largest absolute Gasteiger partial charge is 0.483 e. The fourth-order valence-electron chi connectivity index (χ4n) is 4.10. The predicted octanol–water partition coefficient (Wildman–Crippen LogP) is 4.38. The number of fused-ring (bicyclic) bond motifs is 1. The quantitative estimate of drug-likeness (QED) is 0.798. The zero-order valence-electron chi connectivity index (χ0n) is 17.1. The first-order valence-electron chi connectivity index (χ1n) is 9.88. The molecule has 3 rings (SSSR count). The first-order chi connectivity index (χ1) is 13.4. The molecule has 0 spiro atoms. The third-order valence-electron chi connectivity index (χ3n) is 5.77. The molecule has 0 unspecified atom stereocenters. The number of hydrogen-bond acceptors (Lipinski definition) is 4. The minimum Gasteiger partial charge on any atom is -0.483 e. The van der Waals surface area contributed by atoms with Crippen LogP contribution in [0.3, 0.4) is 0 Å². The summed E-state index contributed by atoms with van der Waals surface area (Å²) < 4.78 is 47.2. The van der Waals surface area contributed by atoms with Gasteiger partial charge >= 0.3 is 6.18 Å². The lowest BCUT2D eigenvalue weighted by molar-refractivity contribution is -0.318. The first kappa shape index (κ1) is 21.6. The number of aliphatic hydroxyl groups is 1. The van der Waals surface area contributed by atoms with Crippen molar-refractivity contribution in [1.29, 1.82) is 0 Å². The Morgan fingerprint density at radius 3 is 2.72 bits per heavy atom. The third-order valence-corrected chi connectivity index (χ3v) is 5.77. The number of hydrogen-bond donors (Lipinski definition) is 1. The summed E-state index contributed by atoms with van der Waals surface area (Å²) in [5, 5.41) is 14.8. The van der Waals surface area contributed by atoms with Gasteiger partial charge in [0.05, 0.1) is 5.92 Å². The van der Waals surface area contributed by atoms with E-state index in [1.807, 2.05) is 39.8 Å². The summed E-state index contributed by atoms with van der Waals surface area (Å²) in [6.45, 7) is 6.98. The highest BCUT2D eigenvalue weighted by atomic mass is 19.4. The van der Waals surface area contributed by atoms with E-state index in [2.05, 4.69) is 5.10 Å². The SMILES string of the molecule is Cc1ccc(C(C)C)c(OCC(=O)N2N=C3CC[C@H](C)C[C@@H]3[C@@]2(O)C(F)(F)F)c1. The lowest BCUT2D eigenvalue weighted by atomic mass is 9.76. The molecule has 1 aromatic carbocycles. The molecule has 1 fully saturated rings. The van der Waals surface area contributed by atoms with Crippen molar-refractivity contribution in [3.05, 3.63) is 29.3 Å². The Morgan fingerprint density at radius 1 is 1.41 bits per heavy atom. The summed E-state index contributed by atoms with van der Waals surface area (Å²) >= 11 is 0. The first-order valence-corrected chi connectivity index (χ1v) is 9.88. The summed E-state index contributed by atoms with van der Waals surface area (Å²) in [5.74, 6) is -1.68. The maximum absolute atomic E-state index is 13.9. The molecule has 0 bridgehead atoms. The van der Waals surface area contributed by atoms with E-state index in [9.17, 15) is 23.1 Å². The van der Waals surface area contributed by atoms with Gasteiger partial charge in [-0.25, -0.2) is 0 Å².